The highest BCUT2D eigenvalue weighted by Gasteiger charge is 2.29. The molecule has 1 aromatic heterocycles. The minimum atomic E-state index is -3.02. The van der Waals surface area contributed by atoms with Gasteiger partial charge < -0.3 is 5.73 Å². The molecule has 1 aromatic rings. The van der Waals surface area contributed by atoms with Crippen molar-refractivity contribution < 1.29 is 8.78 Å². The molecule has 0 aromatic carbocycles. The molecule has 0 fully saturated rings. The van der Waals surface area contributed by atoms with Gasteiger partial charge in [0, 0.05) is 11.8 Å². The van der Waals surface area contributed by atoms with Gasteiger partial charge in [-0.3, -0.25) is 0 Å². The first-order valence-corrected chi connectivity index (χ1v) is 3.64. The van der Waals surface area contributed by atoms with E-state index in [9.17, 15) is 8.78 Å². The van der Waals surface area contributed by atoms with Crippen LogP contribution in [0.3, 0.4) is 0 Å². The second kappa shape index (κ2) is 3.33. The molecule has 1 rings (SSSR count). The first-order chi connectivity index (χ1) is 5.56. The fourth-order valence-electron chi connectivity index (χ4n) is 0.748. The third-order valence-electron chi connectivity index (χ3n) is 1.41. The molecule has 66 valence electrons. The number of nitrogens with zero attached hydrogens (tertiary/aromatic N) is 1. The van der Waals surface area contributed by atoms with Crippen molar-refractivity contribution >= 4 is 11.6 Å². The van der Waals surface area contributed by atoms with E-state index in [-0.39, 0.29) is 10.7 Å². The van der Waals surface area contributed by atoms with E-state index in [1.807, 2.05) is 0 Å². The van der Waals surface area contributed by atoms with Gasteiger partial charge in [-0.25, -0.2) is 4.98 Å². The molecule has 12 heavy (non-hydrogen) atoms. The van der Waals surface area contributed by atoms with E-state index in [0.717, 1.165) is 6.07 Å². The van der Waals surface area contributed by atoms with Gasteiger partial charge >= 0.3 is 0 Å². The third-order valence-corrected chi connectivity index (χ3v) is 1.61. The number of halogens is 3. The monoisotopic (exact) mass is 192 g/mol. The summed E-state index contributed by atoms with van der Waals surface area (Å²) in [5, 5.41) is 0.0422. The van der Waals surface area contributed by atoms with E-state index < -0.39 is 12.5 Å². The lowest BCUT2D eigenvalue weighted by atomic mass is 10.1. The number of hydrogen-bond donors (Lipinski definition) is 1. The maximum absolute atomic E-state index is 12.9. The lowest BCUT2D eigenvalue weighted by molar-refractivity contribution is 0.00587. The summed E-state index contributed by atoms with van der Waals surface area (Å²) in [6, 6.07) is 2.30. The Labute approximate surface area is 73.4 Å². The summed E-state index contributed by atoms with van der Waals surface area (Å²) >= 11 is 5.42. The van der Waals surface area contributed by atoms with E-state index in [0.29, 0.717) is 0 Å². The Bertz CT molecular complexity index is 278. The lowest BCUT2D eigenvalue weighted by Crippen LogP contribution is -2.25. The molecule has 2 N–H and O–H groups in total. The summed E-state index contributed by atoms with van der Waals surface area (Å²) in [4.78, 5) is 3.58. The summed E-state index contributed by atoms with van der Waals surface area (Å²) in [6.07, 6.45) is 1.22. The highest BCUT2D eigenvalue weighted by molar-refractivity contribution is 6.29. The molecule has 1 heterocycles. The van der Waals surface area contributed by atoms with Crippen molar-refractivity contribution in [3.8, 4) is 0 Å². The maximum atomic E-state index is 12.9. The first kappa shape index (κ1) is 9.35. The summed E-state index contributed by atoms with van der Waals surface area (Å²) in [5.74, 6) is -3.02. The molecule has 0 atom stereocenters. The Kier molecular flexibility index (Phi) is 2.59. The lowest BCUT2D eigenvalue weighted by Gasteiger charge is -2.13. The SMILES string of the molecule is NCC(F)(F)c1ccnc(Cl)c1. The van der Waals surface area contributed by atoms with Crippen LogP contribution >= 0.6 is 11.6 Å². The van der Waals surface area contributed by atoms with E-state index in [4.69, 9.17) is 17.3 Å². The van der Waals surface area contributed by atoms with Crippen LogP contribution in [0, 0.1) is 0 Å². The fraction of sp³-hybridized carbons (Fsp3) is 0.286. The summed E-state index contributed by atoms with van der Waals surface area (Å²) in [6.45, 7) is -0.729. The molecule has 0 amide bonds. The molecule has 5 heteroatoms. The van der Waals surface area contributed by atoms with E-state index >= 15 is 0 Å². The van der Waals surface area contributed by atoms with Crippen LogP contribution < -0.4 is 5.73 Å². The van der Waals surface area contributed by atoms with Crippen LogP contribution in [0.5, 0.6) is 0 Å². The van der Waals surface area contributed by atoms with Crippen LogP contribution in [-0.2, 0) is 5.92 Å². The van der Waals surface area contributed by atoms with Crippen molar-refractivity contribution in [1.82, 2.24) is 4.98 Å². The molecule has 0 aliphatic rings. The molecule has 0 radical (unpaired) electrons. The Morgan fingerprint density at radius 3 is 2.75 bits per heavy atom. The molecule has 0 aliphatic heterocycles. The standard InChI is InChI=1S/C7H7ClF2N2/c8-6-3-5(1-2-12-6)7(9,10)4-11/h1-3H,4,11H2. The van der Waals surface area contributed by atoms with Gasteiger partial charge in [0.1, 0.15) is 5.15 Å². The quantitative estimate of drug-likeness (QED) is 0.726. The van der Waals surface area contributed by atoms with Crippen LogP contribution in [0.4, 0.5) is 8.78 Å². The molecule has 0 unspecified atom stereocenters. The number of nitrogens with two attached hydrogens (primary N) is 1. The van der Waals surface area contributed by atoms with E-state index in [2.05, 4.69) is 4.98 Å². The number of aromatic nitrogens is 1. The highest BCUT2D eigenvalue weighted by Crippen LogP contribution is 2.27. The van der Waals surface area contributed by atoms with Gasteiger partial charge in [-0.05, 0) is 12.1 Å². The normalized spacial score (nSPS) is 11.7. The Balaban J connectivity index is 3.03. The largest absolute Gasteiger partial charge is 0.325 e. The fourth-order valence-corrected chi connectivity index (χ4v) is 0.922. The molecule has 0 bridgehead atoms. The molecule has 0 saturated heterocycles. The molecule has 0 spiro atoms. The topological polar surface area (TPSA) is 38.9 Å². The van der Waals surface area contributed by atoms with Crippen LogP contribution in [0.15, 0.2) is 18.3 Å². The van der Waals surface area contributed by atoms with Crippen molar-refractivity contribution in [3.63, 3.8) is 0 Å². The predicted octanol–water partition coefficient (Wildman–Crippen LogP) is 1.79. The number of rotatable bonds is 2. The molecule has 2 nitrogen and oxygen atoms in total. The van der Waals surface area contributed by atoms with Crippen molar-refractivity contribution in [3.05, 3.63) is 29.0 Å². The van der Waals surface area contributed by atoms with Crippen LogP contribution in [0.2, 0.25) is 5.15 Å². The zero-order valence-corrected chi connectivity index (χ0v) is 6.85. The molecule has 0 aliphatic carbocycles. The minimum Gasteiger partial charge on any atom is -0.325 e. The maximum Gasteiger partial charge on any atom is 0.285 e. The summed E-state index contributed by atoms with van der Waals surface area (Å²) in [5.41, 5.74) is 4.67. The molecule has 0 saturated carbocycles. The number of alkyl halides is 2. The third kappa shape index (κ3) is 1.89. The van der Waals surface area contributed by atoms with Gasteiger partial charge in [0.15, 0.2) is 0 Å². The van der Waals surface area contributed by atoms with Crippen molar-refractivity contribution in [2.75, 3.05) is 6.54 Å². The molecular weight excluding hydrogens is 186 g/mol. The van der Waals surface area contributed by atoms with Crippen LogP contribution in [-0.4, -0.2) is 11.5 Å². The van der Waals surface area contributed by atoms with Crippen LogP contribution in [0.1, 0.15) is 5.56 Å². The zero-order chi connectivity index (χ0) is 9.19. The van der Waals surface area contributed by atoms with Gasteiger partial charge in [-0.15, -0.1) is 0 Å². The molecular formula is C7H7ClF2N2. The highest BCUT2D eigenvalue weighted by atomic mass is 35.5. The smallest absolute Gasteiger partial charge is 0.285 e. The Hall–Kier alpha value is -0.740. The summed E-state index contributed by atoms with van der Waals surface area (Å²) < 4.78 is 25.7. The van der Waals surface area contributed by atoms with Gasteiger partial charge in [-0.1, -0.05) is 11.6 Å². The number of pyridine rings is 1. The summed E-state index contributed by atoms with van der Waals surface area (Å²) in [7, 11) is 0. The second-order valence-electron chi connectivity index (χ2n) is 2.28. The van der Waals surface area contributed by atoms with E-state index in [1.165, 1.54) is 12.3 Å². The average Bonchev–Trinajstić information content (AvgIpc) is 2.05. The Morgan fingerprint density at radius 1 is 1.58 bits per heavy atom. The second-order valence-corrected chi connectivity index (χ2v) is 2.66. The van der Waals surface area contributed by atoms with Crippen molar-refractivity contribution in [2.24, 2.45) is 5.73 Å². The number of hydrogen-bond acceptors (Lipinski definition) is 2. The van der Waals surface area contributed by atoms with Crippen molar-refractivity contribution in [1.29, 1.82) is 0 Å². The van der Waals surface area contributed by atoms with E-state index in [1.54, 1.807) is 0 Å². The van der Waals surface area contributed by atoms with Gasteiger partial charge in [0.25, 0.3) is 5.92 Å². The Morgan fingerprint density at radius 2 is 2.25 bits per heavy atom. The van der Waals surface area contributed by atoms with Gasteiger partial charge in [0.05, 0.1) is 6.54 Å². The zero-order valence-electron chi connectivity index (χ0n) is 6.10. The predicted molar refractivity (Wildman–Crippen MR) is 42.2 cm³/mol. The van der Waals surface area contributed by atoms with Crippen molar-refractivity contribution in [2.45, 2.75) is 5.92 Å². The minimum absolute atomic E-state index is 0.0422. The van der Waals surface area contributed by atoms with Gasteiger partial charge in [0.2, 0.25) is 0 Å². The van der Waals surface area contributed by atoms with Gasteiger partial charge in [-0.2, -0.15) is 8.78 Å². The average molecular weight is 193 g/mol. The van der Waals surface area contributed by atoms with Crippen LogP contribution in [0.25, 0.3) is 0 Å². The first-order valence-electron chi connectivity index (χ1n) is 3.26.